The summed E-state index contributed by atoms with van der Waals surface area (Å²) in [6.07, 6.45) is 0. The summed E-state index contributed by atoms with van der Waals surface area (Å²) in [4.78, 5) is 11.6. The number of carbonyl (C=O) groups is 1. The Kier molecular flexibility index (Phi) is 4.53. The van der Waals surface area contributed by atoms with Crippen LogP contribution in [0.2, 0.25) is 10.0 Å². The SMILES string of the molecule is CC(=O)c1cc(N)ccc1OCc1c(Cl)cccc1Cl. The van der Waals surface area contributed by atoms with Gasteiger partial charge in [0.05, 0.1) is 5.56 Å². The van der Waals surface area contributed by atoms with E-state index in [9.17, 15) is 4.79 Å². The van der Waals surface area contributed by atoms with Gasteiger partial charge < -0.3 is 10.5 Å². The van der Waals surface area contributed by atoms with Gasteiger partial charge in [-0.25, -0.2) is 0 Å². The van der Waals surface area contributed by atoms with Crippen molar-refractivity contribution in [3.05, 3.63) is 57.6 Å². The second kappa shape index (κ2) is 6.16. The average Bonchev–Trinajstić information content (AvgIpc) is 2.39. The molecule has 0 aliphatic carbocycles. The molecule has 0 aliphatic rings. The number of nitrogens with two attached hydrogens (primary N) is 1. The molecule has 0 unspecified atom stereocenters. The highest BCUT2D eigenvalue weighted by molar-refractivity contribution is 6.35. The standard InChI is InChI=1S/C15H13Cl2NO2/c1-9(19)11-7-10(18)5-6-15(11)20-8-12-13(16)3-2-4-14(12)17/h2-7H,8,18H2,1H3. The number of carbonyl (C=O) groups excluding carboxylic acids is 1. The molecule has 3 nitrogen and oxygen atoms in total. The van der Waals surface area contributed by atoms with Gasteiger partial charge in [-0.1, -0.05) is 29.3 Å². The molecule has 0 aliphatic heterocycles. The Morgan fingerprint density at radius 3 is 2.45 bits per heavy atom. The van der Waals surface area contributed by atoms with Crippen molar-refractivity contribution < 1.29 is 9.53 Å². The first kappa shape index (κ1) is 14.7. The van der Waals surface area contributed by atoms with Gasteiger partial charge in [0.2, 0.25) is 0 Å². The van der Waals surface area contributed by atoms with Crippen LogP contribution in [0, 0.1) is 0 Å². The molecule has 20 heavy (non-hydrogen) atoms. The van der Waals surface area contributed by atoms with Crippen molar-refractivity contribution in [3.63, 3.8) is 0 Å². The molecule has 0 atom stereocenters. The minimum Gasteiger partial charge on any atom is -0.488 e. The molecule has 2 aromatic carbocycles. The molecule has 0 saturated heterocycles. The zero-order valence-electron chi connectivity index (χ0n) is 10.8. The topological polar surface area (TPSA) is 52.3 Å². The van der Waals surface area contributed by atoms with E-state index in [2.05, 4.69) is 0 Å². The van der Waals surface area contributed by atoms with Crippen molar-refractivity contribution in [2.75, 3.05) is 5.73 Å². The summed E-state index contributed by atoms with van der Waals surface area (Å²) in [6, 6.07) is 10.2. The van der Waals surface area contributed by atoms with E-state index < -0.39 is 0 Å². The fraction of sp³-hybridized carbons (Fsp3) is 0.133. The molecular weight excluding hydrogens is 297 g/mol. The van der Waals surface area contributed by atoms with Crippen LogP contribution in [0.1, 0.15) is 22.8 Å². The van der Waals surface area contributed by atoms with E-state index in [1.54, 1.807) is 36.4 Å². The van der Waals surface area contributed by atoms with Crippen molar-refractivity contribution in [2.45, 2.75) is 13.5 Å². The molecule has 0 amide bonds. The normalized spacial score (nSPS) is 10.3. The van der Waals surface area contributed by atoms with Crippen molar-refractivity contribution in [1.29, 1.82) is 0 Å². The Morgan fingerprint density at radius 2 is 1.85 bits per heavy atom. The quantitative estimate of drug-likeness (QED) is 0.674. The Morgan fingerprint density at radius 1 is 1.20 bits per heavy atom. The molecule has 0 radical (unpaired) electrons. The van der Waals surface area contributed by atoms with Gasteiger partial charge in [0.1, 0.15) is 12.4 Å². The molecule has 2 aromatic rings. The van der Waals surface area contributed by atoms with E-state index in [4.69, 9.17) is 33.7 Å². The van der Waals surface area contributed by atoms with Gasteiger partial charge in [-0.3, -0.25) is 4.79 Å². The highest BCUT2D eigenvalue weighted by atomic mass is 35.5. The number of ether oxygens (including phenoxy) is 1. The van der Waals surface area contributed by atoms with Gasteiger partial charge in [-0.15, -0.1) is 0 Å². The molecule has 0 saturated carbocycles. The summed E-state index contributed by atoms with van der Waals surface area (Å²) in [5, 5.41) is 1.05. The maximum Gasteiger partial charge on any atom is 0.163 e. The zero-order valence-corrected chi connectivity index (χ0v) is 12.3. The summed E-state index contributed by atoms with van der Waals surface area (Å²) in [6.45, 7) is 1.65. The number of nitrogen functional groups attached to an aromatic ring is 1. The minimum absolute atomic E-state index is 0.113. The first-order valence-electron chi connectivity index (χ1n) is 5.95. The first-order chi connectivity index (χ1) is 9.49. The number of ketones is 1. The Balaban J connectivity index is 2.25. The van der Waals surface area contributed by atoms with Crippen LogP contribution in [0.3, 0.4) is 0 Å². The summed E-state index contributed by atoms with van der Waals surface area (Å²) >= 11 is 12.1. The number of Topliss-reactive ketones (excluding diaryl/α,β-unsaturated/α-hetero) is 1. The van der Waals surface area contributed by atoms with Crippen molar-refractivity contribution >= 4 is 34.7 Å². The van der Waals surface area contributed by atoms with Gasteiger partial charge in [0.25, 0.3) is 0 Å². The van der Waals surface area contributed by atoms with E-state index >= 15 is 0 Å². The lowest BCUT2D eigenvalue weighted by atomic mass is 10.1. The van der Waals surface area contributed by atoms with Gasteiger partial charge in [0.15, 0.2) is 5.78 Å². The zero-order chi connectivity index (χ0) is 14.7. The Hall–Kier alpha value is -1.71. The summed E-state index contributed by atoms with van der Waals surface area (Å²) in [5.74, 6) is 0.347. The second-order valence-electron chi connectivity index (χ2n) is 4.30. The van der Waals surface area contributed by atoms with Crippen LogP contribution in [0.15, 0.2) is 36.4 Å². The molecule has 0 bridgehead atoms. The highest BCUT2D eigenvalue weighted by Crippen LogP contribution is 2.28. The fourth-order valence-corrected chi connectivity index (χ4v) is 2.28. The smallest absolute Gasteiger partial charge is 0.163 e. The lowest BCUT2D eigenvalue weighted by Gasteiger charge is -2.12. The average molecular weight is 310 g/mol. The first-order valence-corrected chi connectivity index (χ1v) is 6.71. The third-order valence-electron chi connectivity index (χ3n) is 2.82. The number of benzene rings is 2. The summed E-state index contributed by atoms with van der Waals surface area (Å²) < 4.78 is 5.66. The van der Waals surface area contributed by atoms with Crippen LogP contribution >= 0.6 is 23.2 Å². The molecular formula is C15H13Cl2NO2. The fourth-order valence-electron chi connectivity index (χ4n) is 1.77. The van der Waals surface area contributed by atoms with Crippen LogP contribution < -0.4 is 10.5 Å². The van der Waals surface area contributed by atoms with Crippen LogP contribution in [0.4, 0.5) is 5.69 Å². The number of hydrogen-bond acceptors (Lipinski definition) is 3. The van der Waals surface area contributed by atoms with Crippen LogP contribution in [-0.4, -0.2) is 5.78 Å². The predicted molar refractivity (Wildman–Crippen MR) is 81.7 cm³/mol. The number of rotatable bonds is 4. The molecule has 2 N–H and O–H groups in total. The molecule has 0 fully saturated rings. The largest absolute Gasteiger partial charge is 0.488 e. The lowest BCUT2D eigenvalue weighted by molar-refractivity contribution is 0.101. The summed E-state index contributed by atoms with van der Waals surface area (Å²) in [5.41, 5.74) is 7.30. The van der Waals surface area contributed by atoms with Crippen LogP contribution in [0.25, 0.3) is 0 Å². The van der Waals surface area contributed by atoms with Gasteiger partial charge in [-0.2, -0.15) is 0 Å². The number of hydrogen-bond donors (Lipinski definition) is 1. The molecule has 104 valence electrons. The molecule has 2 rings (SSSR count). The third kappa shape index (κ3) is 3.24. The molecule has 5 heteroatoms. The van der Waals surface area contributed by atoms with Crippen LogP contribution in [-0.2, 0) is 6.61 Å². The van der Waals surface area contributed by atoms with E-state index in [-0.39, 0.29) is 12.4 Å². The van der Waals surface area contributed by atoms with Crippen molar-refractivity contribution in [3.8, 4) is 5.75 Å². The van der Waals surface area contributed by atoms with Gasteiger partial charge >= 0.3 is 0 Å². The molecule has 0 heterocycles. The van der Waals surface area contributed by atoms with E-state index in [1.165, 1.54) is 6.92 Å². The highest BCUT2D eigenvalue weighted by Gasteiger charge is 2.11. The van der Waals surface area contributed by atoms with Crippen molar-refractivity contribution in [2.24, 2.45) is 0 Å². The maximum absolute atomic E-state index is 11.6. The van der Waals surface area contributed by atoms with Crippen molar-refractivity contribution in [1.82, 2.24) is 0 Å². The van der Waals surface area contributed by atoms with E-state index in [0.717, 1.165) is 0 Å². The molecule has 0 spiro atoms. The van der Waals surface area contributed by atoms with Gasteiger partial charge in [-0.05, 0) is 37.3 Å². The third-order valence-corrected chi connectivity index (χ3v) is 3.52. The number of anilines is 1. The minimum atomic E-state index is -0.113. The Bertz CT molecular complexity index is 636. The number of halogens is 2. The Labute approximate surface area is 127 Å². The maximum atomic E-state index is 11.6. The van der Waals surface area contributed by atoms with E-state index in [0.29, 0.717) is 32.6 Å². The second-order valence-corrected chi connectivity index (χ2v) is 5.12. The van der Waals surface area contributed by atoms with Crippen LogP contribution in [0.5, 0.6) is 5.75 Å². The van der Waals surface area contributed by atoms with E-state index in [1.807, 2.05) is 0 Å². The lowest BCUT2D eigenvalue weighted by Crippen LogP contribution is -2.03. The summed E-state index contributed by atoms with van der Waals surface area (Å²) in [7, 11) is 0. The predicted octanol–water partition coefficient (Wildman–Crippen LogP) is 4.36. The van der Waals surface area contributed by atoms with Gasteiger partial charge in [0, 0.05) is 21.3 Å². The monoisotopic (exact) mass is 309 g/mol. The molecule has 0 aromatic heterocycles.